The third-order valence-electron chi connectivity index (χ3n) is 2.94. The highest BCUT2D eigenvalue weighted by atomic mass is 16.2. The van der Waals surface area contributed by atoms with Crippen LogP contribution in [0.4, 0.5) is 0 Å². The van der Waals surface area contributed by atoms with Gasteiger partial charge in [0.15, 0.2) is 0 Å². The first kappa shape index (κ1) is 11.1. The number of rotatable bonds is 3. The van der Waals surface area contributed by atoms with E-state index in [4.69, 9.17) is 0 Å². The molecule has 4 nitrogen and oxygen atoms in total. The van der Waals surface area contributed by atoms with Gasteiger partial charge < -0.3 is 10.6 Å². The summed E-state index contributed by atoms with van der Waals surface area (Å²) in [7, 11) is 0. The average molecular weight is 219 g/mol. The lowest BCUT2D eigenvalue weighted by molar-refractivity contribution is -0.123. The van der Waals surface area contributed by atoms with Gasteiger partial charge in [0.1, 0.15) is 0 Å². The maximum atomic E-state index is 11.8. The summed E-state index contributed by atoms with van der Waals surface area (Å²) in [6.45, 7) is 2.93. The number of aromatic nitrogens is 1. The molecule has 2 atom stereocenters. The molecular weight excluding hydrogens is 202 g/mol. The molecule has 86 valence electrons. The smallest absolute Gasteiger partial charge is 0.237 e. The fourth-order valence-corrected chi connectivity index (χ4v) is 1.96. The molecule has 0 spiro atoms. The second-order valence-electron chi connectivity index (χ2n) is 4.16. The second-order valence-corrected chi connectivity index (χ2v) is 4.16. The van der Waals surface area contributed by atoms with E-state index in [0.29, 0.717) is 0 Å². The Labute approximate surface area is 95.5 Å². The number of amides is 1. The van der Waals surface area contributed by atoms with Gasteiger partial charge in [-0.25, -0.2) is 0 Å². The summed E-state index contributed by atoms with van der Waals surface area (Å²) < 4.78 is 0. The lowest BCUT2D eigenvalue weighted by atomic mass is 10.1. The van der Waals surface area contributed by atoms with Crippen LogP contribution in [0.15, 0.2) is 24.5 Å². The van der Waals surface area contributed by atoms with Crippen molar-refractivity contribution in [1.82, 2.24) is 15.6 Å². The number of hydrogen-bond acceptors (Lipinski definition) is 3. The molecule has 2 heterocycles. The van der Waals surface area contributed by atoms with Gasteiger partial charge in [-0.15, -0.1) is 0 Å². The summed E-state index contributed by atoms with van der Waals surface area (Å²) in [5, 5.41) is 6.20. The molecule has 0 radical (unpaired) electrons. The first-order valence-corrected chi connectivity index (χ1v) is 5.71. The standard InChI is InChI=1S/C12H17N3O/c1-9(10-4-7-13-8-5-10)15-12(16)11-3-2-6-14-11/h4-5,7-9,11,14H,2-3,6H2,1H3,(H,15,16)/t9-,11+/m0/s1. The Balaban J connectivity index is 1.92. The minimum absolute atomic E-state index is 0.00992. The molecule has 0 saturated carbocycles. The molecule has 1 fully saturated rings. The molecule has 2 rings (SSSR count). The summed E-state index contributed by atoms with van der Waals surface area (Å²) in [6, 6.07) is 3.88. The van der Waals surface area contributed by atoms with Crippen LogP contribution < -0.4 is 10.6 Å². The van der Waals surface area contributed by atoms with E-state index in [2.05, 4.69) is 15.6 Å². The van der Waals surface area contributed by atoms with Crippen LogP contribution in [-0.4, -0.2) is 23.5 Å². The maximum absolute atomic E-state index is 11.8. The van der Waals surface area contributed by atoms with Gasteiger partial charge in [0, 0.05) is 12.4 Å². The summed E-state index contributed by atoms with van der Waals surface area (Å²) >= 11 is 0. The van der Waals surface area contributed by atoms with Gasteiger partial charge in [0.05, 0.1) is 12.1 Å². The number of nitrogens with zero attached hydrogens (tertiary/aromatic N) is 1. The van der Waals surface area contributed by atoms with Gasteiger partial charge in [0.2, 0.25) is 5.91 Å². The maximum Gasteiger partial charge on any atom is 0.237 e. The fraction of sp³-hybridized carbons (Fsp3) is 0.500. The normalized spacial score (nSPS) is 21.7. The summed E-state index contributed by atoms with van der Waals surface area (Å²) in [4.78, 5) is 15.8. The van der Waals surface area contributed by atoms with E-state index in [1.165, 1.54) is 0 Å². The average Bonchev–Trinajstić information content (AvgIpc) is 2.83. The number of carbonyl (C=O) groups is 1. The third-order valence-corrected chi connectivity index (χ3v) is 2.94. The molecule has 0 bridgehead atoms. The van der Waals surface area contributed by atoms with Crippen molar-refractivity contribution in [3.05, 3.63) is 30.1 Å². The highest BCUT2D eigenvalue weighted by molar-refractivity contribution is 5.82. The zero-order valence-electron chi connectivity index (χ0n) is 9.44. The minimum Gasteiger partial charge on any atom is -0.348 e. The van der Waals surface area contributed by atoms with Gasteiger partial charge >= 0.3 is 0 Å². The first-order valence-electron chi connectivity index (χ1n) is 5.71. The van der Waals surface area contributed by atoms with Gasteiger partial charge in [-0.2, -0.15) is 0 Å². The summed E-state index contributed by atoms with van der Waals surface area (Å²) in [6.07, 6.45) is 5.51. The van der Waals surface area contributed by atoms with E-state index in [0.717, 1.165) is 24.9 Å². The molecule has 1 aliphatic rings. The van der Waals surface area contributed by atoms with Crippen LogP contribution >= 0.6 is 0 Å². The van der Waals surface area contributed by atoms with Crippen molar-refractivity contribution in [2.24, 2.45) is 0 Å². The Morgan fingerprint density at radius 1 is 1.56 bits per heavy atom. The van der Waals surface area contributed by atoms with E-state index in [1.54, 1.807) is 12.4 Å². The molecule has 0 unspecified atom stereocenters. The molecule has 0 aromatic carbocycles. The van der Waals surface area contributed by atoms with Crippen molar-refractivity contribution in [3.8, 4) is 0 Å². The molecular formula is C12H17N3O. The molecule has 2 N–H and O–H groups in total. The Hall–Kier alpha value is -1.42. The molecule has 0 aliphatic carbocycles. The number of nitrogens with one attached hydrogen (secondary N) is 2. The van der Waals surface area contributed by atoms with E-state index in [9.17, 15) is 4.79 Å². The Kier molecular flexibility index (Phi) is 3.51. The van der Waals surface area contributed by atoms with Crippen LogP contribution in [0.2, 0.25) is 0 Å². The monoisotopic (exact) mass is 219 g/mol. The van der Waals surface area contributed by atoms with Crippen LogP contribution in [0, 0.1) is 0 Å². The van der Waals surface area contributed by atoms with Gasteiger partial charge in [-0.3, -0.25) is 9.78 Å². The summed E-state index contributed by atoms with van der Waals surface area (Å²) in [5.41, 5.74) is 1.08. The van der Waals surface area contributed by atoms with Crippen LogP contribution in [0.5, 0.6) is 0 Å². The van der Waals surface area contributed by atoms with Gasteiger partial charge in [-0.1, -0.05) is 0 Å². The lowest BCUT2D eigenvalue weighted by Gasteiger charge is -2.17. The largest absolute Gasteiger partial charge is 0.348 e. The zero-order valence-corrected chi connectivity index (χ0v) is 9.44. The van der Waals surface area contributed by atoms with Crippen molar-refractivity contribution in [1.29, 1.82) is 0 Å². The van der Waals surface area contributed by atoms with Crippen molar-refractivity contribution in [2.45, 2.75) is 31.8 Å². The number of hydrogen-bond donors (Lipinski definition) is 2. The molecule has 1 aliphatic heterocycles. The second kappa shape index (κ2) is 5.07. The Morgan fingerprint density at radius 3 is 2.94 bits per heavy atom. The van der Waals surface area contributed by atoms with E-state index in [-0.39, 0.29) is 18.0 Å². The highest BCUT2D eigenvalue weighted by Gasteiger charge is 2.23. The lowest BCUT2D eigenvalue weighted by Crippen LogP contribution is -2.41. The predicted molar refractivity (Wildman–Crippen MR) is 61.8 cm³/mol. The van der Waals surface area contributed by atoms with Crippen LogP contribution in [-0.2, 0) is 4.79 Å². The number of carbonyl (C=O) groups excluding carboxylic acids is 1. The van der Waals surface area contributed by atoms with E-state index in [1.807, 2.05) is 19.1 Å². The topological polar surface area (TPSA) is 54.0 Å². The zero-order chi connectivity index (χ0) is 11.4. The first-order chi connectivity index (χ1) is 7.77. The van der Waals surface area contributed by atoms with Crippen molar-refractivity contribution in [3.63, 3.8) is 0 Å². The van der Waals surface area contributed by atoms with Gasteiger partial charge in [0.25, 0.3) is 0 Å². The van der Waals surface area contributed by atoms with Crippen molar-refractivity contribution >= 4 is 5.91 Å². The molecule has 1 aromatic rings. The predicted octanol–water partition coefficient (Wildman–Crippen LogP) is 1.01. The quantitative estimate of drug-likeness (QED) is 0.797. The SMILES string of the molecule is C[C@H](NC(=O)[C@H]1CCCN1)c1ccncc1. The van der Waals surface area contributed by atoms with Gasteiger partial charge in [-0.05, 0) is 44.0 Å². The van der Waals surface area contributed by atoms with Crippen molar-refractivity contribution in [2.75, 3.05) is 6.54 Å². The molecule has 1 aromatic heterocycles. The van der Waals surface area contributed by atoms with E-state index >= 15 is 0 Å². The Bertz CT molecular complexity index is 347. The summed E-state index contributed by atoms with van der Waals surface area (Å²) in [5.74, 6) is 0.0989. The fourth-order valence-electron chi connectivity index (χ4n) is 1.96. The van der Waals surface area contributed by atoms with Crippen LogP contribution in [0.3, 0.4) is 0 Å². The number of pyridine rings is 1. The Morgan fingerprint density at radius 2 is 2.31 bits per heavy atom. The molecule has 16 heavy (non-hydrogen) atoms. The molecule has 1 saturated heterocycles. The third kappa shape index (κ3) is 2.58. The minimum atomic E-state index is -0.00992. The highest BCUT2D eigenvalue weighted by Crippen LogP contribution is 2.12. The van der Waals surface area contributed by atoms with Crippen LogP contribution in [0.1, 0.15) is 31.4 Å². The molecule has 1 amide bonds. The van der Waals surface area contributed by atoms with E-state index < -0.39 is 0 Å². The van der Waals surface area contributed by atoms with Crippen LogP contribution in [0.25, 0.3) is 0 Å². The van der Waals surface area contributed by atoms with Crippen molar-refractivity contribution < 1.29 is 4.79 Å². The molecule has 4 heteroatoms.